The molecule has 1 saturated carbocycles. The van der Waals surface area contributed by atoms with Gasteiger partial charge in [0.2, 0.25) is 0 Å². The SMILES string of the molecule is CC1=CC2OC3CC4OC(=O)C=C/C=C/C5OC(CC(C)=CC(=O)OCC2(CC1)C4(C)C31CO1)OC5C. The Bertz CT molecular complexity index is 1100. The number of fused-ring (bicyclic) bond motifs is 2. The molecule has 6 aliphatic rings. The predicted octanol–water partition coefficient (Wildman–Crippen LogP) is 3.71. The van der Waals surface area contributed by atoms with Gasteiger partial charge in [0.05, 0.1) is 30.3 Å². The number of rotatable bonds is 0. The second kappa shape index (κ2) is 8.90. The molecule has 2 spiro atoms. The van der Waals surface area contributed by atoms with E-state index in [-0.39, 0.29) is 31.0 Å². The highest BCUT2D eigenvalue weighted by molar-refractivity contribution is 5.83. The van der Waals surface area contributed by atoms with Gasteiger partial charge in [0.25, 0.3) is 0 Å². The van der Waals surface area contributed by atoms with Crippen LogP contribution < -0.4 is 0 Å². The van der Waals surface area contributed by atoms with Crippen molar-refractivity contribution in [3.05, 3.63) is 47.6 Å². The van der Waals surface area contributed by atoms with Crippen LogP contribution in [0.5, 0.6) is 0 Å². The minimum atomic E-state index is -0.590. The van der Waals surface area contributed by atoms with Crippen molar-refractivity contribution in [2.45, 2.75) is 95.8 Å². The van der Waals surface area contributed by atoms with Crippen LogP contribution >= 0.6 is 0 Å². The zero-order valence-electron chi connectivity index (χ0n) is 21.9. The molecule has 3 saturated heterocycles. The van der Waals surface area contributed by atoms with Crippen molar-refractivity contribution in [2.75, 3.05) is 13.2 Å². The summed E-state index contributed by atoms with van der Waals surface area (Å²) in [6.45, 7) is 8.77. The van der Waals surface area contributed by atoms with E-state index in [4.69, 9.17) is 28.4 Å². The van der Waals surface area contributed by atoms with Gasteiger partial charge in [-0.1, -0.05) is 42.4 Å². The van der Waals surface area contributed by atoms with E-state index >= 15 is 0 Å². The molecular weight excluding hydrogens is 476 g/mol. The van der Waals surface area contributed by atoms with Gasteiger partial charge in [-0.15, -0.1) is 0 Å². The summed E-state index contributed by atoms with van der Waals surface area (Å²) in [4.78, 5) is 26.0. The van der Waals surface area contributed by atoms with Crippen LogP contribution in [0.4, 0.5) is 0 Å². The van der Waals surface area contributed by atoms with E-state index in [2.05, 4.69) is 19.9 Å². The van der Waals surface area contributed by atoms with E-state index in [0.717, 1.165) is 18.4 Å². The zero-order valence-corrected chi connectivity index (χ0v) is 21.9. The molecule has 9 atom stereocenters. The fourth-order valence-electron chi connectivity index (χ4n) is 7.32. The number of hydrogen-bond acceptors (Lipinski definition) is 8. The largest absolute Gasteiger partial charge is 0.462 e. The second-order valence-electron chi connectivity index (χ2n) is 11.7. The Hall–Kier alpha value is -2.26. The highest BCUT2D eigenvalue weighted by Gasteiger charge is 2.83. The molecule has 9 unspecified atom stereocenters. The third-order valence-electron chi connectivity index (χ3n) is 9.58. The summed E-state index contributed by atoms with van der Waals surface area (Å²) in [5.74, 6) is -0.828. The molecule has 37 heavy (non-hydrogen) atoms. The molecule has 4 fully saturated rings. The van der Waals surface area contributed by atoms with Gasteiger partial charge in [0, 0.05) is 30.4 Å². The number of esters is 2. The molecule has 0 amide bonds. The topological polar surface area (TPSA) is 92.8 Å². The number of epoxide rings is 1. The number of carbonyl (C=O) groups excluding carboxylic acids is 2. The van der Waals surface area contributed by atoms with Crippen molar-refractivity contribution in [1.82, 2.24) is 0 Å². The summed E-state index contributed by atoms with van der Waals surface area (Å²) < 4.78 is 36.8. The summed E-state index contributed by atoms with van der Waals surface area (Å²) in [6.07, 6.45) is 11.3. The van der Waals surface area contributed by atoms with Crippen molar-refractivity contribution in [3.63, 3.8) is 0 Å². The summed E-state index contributed by atoms with van der Waals surface area (Å²) in [6, 6.07) is 0. The Balaban J connectivity index is 1.37. The van der Waals surface area contributed by atoms with Gasteiger partial charge < -0.3 is 28.4 Å². The lowest BCUT2D eigenvalue weighted by Gasteiger charge is -2.58. The van der Waals surface area contributed by atoms with Crippen LogP contribution in [0.1, 0.15) is 53.4 Å². The number of cyclic esters (lactones) is 1. The van der Waals surface area contributed by atoms with Crippen molar-refractivity contribution in [2.24, 2.45) is 10.8 Å². The standard InChI is InChI=1S/C29H36O8/c1-17-9-10-28-15-32-25(31)12-18(2)13-26-34-19(3)20(35-26)7-5-6-8-24(30)37-21-14-23(36-22(28)11-17)29(16-33-29)27(21,28)4/h5-8,11-12,19-23,26H,9-10,13-16H2,1-4H3/b7-5+,8-6?,18-12?. The van der Waals surface area contributed by atoms with E-state index in [1.165, 1.54) is 17.7 Å². The van der Waals surface area contributed by atoms with Crippen LogP contribution in [0, 0.1) is 10.8 Å². The first-order valence-electron chi connectivity index (χ1n) is 13.3. The van der Waals surface area contributed by atoms with Gasteiger partial charge in [-0.25, -0.2) is 9.59 Å². The molecule has 8 heteroatoms. The smallest absolute Gasteiger partial charge is 0.331 e. The summed E-state index contributed by atoms with van der Waals surface area (Å²) >= 11 is 0. The molecule has 4 heterocycles. The number of hydrogen-bond donors (Lipinski definition) is 0. The first-order chi connectivity index (χ1) is 17.7. The third kappa shape index (κ3) is 3.87. The summed E-state index contributed by atoms with van der Waals surface area (Å²) in [5, 5.41) is 0. The Kier molecular flexibility index (Phi) is 6.02. The van der Waals surface area contributed by atoms with Crippen LogP contribution in [0.15, 0.2) is 47.6 Å². The Morgan fingerprint density at radius 1 is 0.973 bits per heavy atom. The predicted molar refractivity (Wildman–Crippen MR) is 132 cm³/mol. The molecule has 6 rings (SSSR count). The molecule has 4 bridgehead atoms. The Morgan fingerprint density at radius 3 is 2.57 bits per heavy atom. The van der Waals surface area contributed by atoms with Crippen molar-refractivity contribution in [1.29, 1.82) is 0 Å². The molecule has 0 aromatic carbocycles. The number of carbonyl (C=O) groups is 2. The Labute approximate surface area is 217 Å². The van der Waals surface area contributed by atoms with Crippen molar-refractivity contribution < 1.29 is 38.0 Å². The molecule has 0 aromatic rings. The maximum Gasteiger partial charge on any atom is 0.331 e. The average Bonchev–Trinajstić information content (AvgIpc) is 3.54. The van der Waals surface area contributed by atoms with Gasteiger partial charge >= 0.3 is 11.9 Å². The molecule has 200 valence electrons. The number of ether oxygens (including phenoxy) is 6. The summed E-state index contributed by atoms with van der Waals surface area (Å²) in [5.41, 5.74) is 0.362. The molecule has 4 aliphatic heterocycles. The molecule has 8 nitrogen and oxygen atoms in total. The second-order valence-corrected chi connectivity index (χ2v) is 11.7. The van der Waals surface area contributed by atoms with Crippen LogP contribution in [-0.4, -0.2) is 67.6 Å². The maximum atomic E-state index is 13.0. The lowest BCUT2D eigenvalue weighted by molar-refractivity contribution is -0.232. The number of allylic oxidation sites excluding steroid dienone is 3. The molecule has 0 radical (unpaired) electrons. The molecular formula is C29H36O8. The minimum absolute atomic E-state index is 0.147. The monoisotopic (exact) mass is 512 g/mol. The highest BCUT2D eigenvalue weighted by atomic mass is 16.7. The van der Waals surface area contributed by atoms with Crippen LogP contribution in [-0.2, 0) is 38.0 Å². The average molecular weight is 513 g/mol. The minimum Gasteiger partial charge on any atom is -0.462 e. The van der Waals surface area contributed by atoms with E-state index in [9.17, 15) is 9.59 Å². The van der Waals surface area contributed by atoms with Crippen LogP contribution in [0.25, 0.3) is 0 Å². The van der Waals surface area contributed by atoms with Gasteiger partial charge in [-0.2, -0.15) is 0 Å². The molecule has 0 N–H and O–H groups in total. The van der Waals surface area contributed by atoms with Crippen molar-refractivity contribution in [3.8, 4) is 0 Å². The Morgan fingerprint density at radius 2 is 1.78 bits per heavy atom. The van der Waals surface area contributed by atoms with Crippen LogP contribution in [0.3, 0.4) is 0 Å². The summed E-state index contributed by atoms with van der Waals surface area (Å²) in [7, 11) is 0. The lowest BCUT2D eigenvalue weighted by atomic mass is 9.51. The van der Waals surface area contributed by atoms with E-state index < -0.39 is 40.8 Å². The first-order valence-corrected chi connectivity index (χ1v) is 13.3. The quantitative estimate of drug-likeness (QED) is 0.276. The fourth-order valence-corrected chi connectivity index (χ4v) is 7.32. The fraction of sp³-hybridized carbons (Fsp3) is 0.655. The van der Waals surface area contributed by atoms with Crippen LogP contribution in [0.2, 0.25) is 0 Å². The first kappa shape index (κ1) is 25.0. The van der Waals surface area contributed by atoms with Gasteiger partial charge in [0.15, 0.2) is 6.29 Å². The van der Waals surface area contributed by atoms with E-state index in [1.807, 2.05) is 19.9 Å². The van der Waals surface area contributed by atoms with Gasteiger partial charge in [-0.3, -0.25) is 0 Å². The third-order valence-corrected chi connectivity index (χ3v) is 9.58. The lowest BCUT2D eigenvalue weighted by Crippen LogP contribution is -2.66. The van der Waals surface area contributed by atoms with Gasteiger partial charge in [-0.05, 0) is 33.6 Å². The molecule has 0 aromatic heterocycles. The highest BCUT2D eigenvalue weighted by Crippen LogP contribution is 2.72. The normalized spacial score (nSPS) is 48.2. The zero-order chi connectivity index (χ0) is 26.0. The van der Waals surface area contributed by atoms with E-state index in [1.54, 1.807) is 12.2 Å². The maximum absolute atomic E-state index is 13.0. The molecule has 2 aliphatic carbocycles. The van der Waals surface area contributed by atoms with Crippen molar-refractivity contribution >= 4 is 11.9 Å². The van der Waals surface area contributed by atoms with E-state index in [0.29, 0.717) is 19.4 Å². The van der Waals surface area contributed by atoms with Gasteiger partial charge in [0.1, 0.15) is 24.4 Å².